The van der Waals surface area contributed by atoms with Crippen molar-refractivity contribution in [2.75, 3.05) is 0 Å². The molecule has 0 fully saturated rings. The van der Waals surface area contributed by atoms with E-state index < -0.39 is 17.9 Å². The van der Waals surface area contributed by atoms with E-state index in [4.69, 9.17) is 15.1 Å². The highest BCUT2D eigenvalue weighted by Gasteiger charge is 2.16. The van der Waals surface area contributed by atoms with Crippen LogP contribution in [0, 0.1) is 17.1 Å². The zero-order chi connectivity index (χ0) is 15.4. The van der Waals surface area contributed by atoms with Gasteiger partial charge in [0.15, 0.2) is 6.10 Å². The summed E-state index contributed by atoms with van der Waals surface area (Å²) in [5, 5.41) is 17.8. The summed E-state index contributed by atoms with van der Waals surface area (Å²) in [6, 6.07) is 12.4. The van der Waals surface area contributed by atoms with Crippen LogP contribution >= 0.6 is 0 Å². The fourth-order valence-electron chi connectivity index (χ4n) is 1.83. The molecule has 1 atom stereocenters. The molecule has 5 heteroatoms. The van der Waals surface area contributed by atoms with E-state index in [0.29, 0.717) is 16.7 Å². The summed E-state index contributed by atoms with van der Waals surface area (Å²) in [7, 11) is 0. The van der Waals surface area contributed by atoms with Crippen molar-refractivity contribution in [2.24, 2.45) is 0 Å². The van der Waals surface area contributed by atoms with Crippen LogP contribution in [-0.2, 0) is 4.79 Å². The Bertz CT molecular complexity index is 722. The molecular weight excluding hydrogens is 273 g/mol. The number of hydrogen-bond acceptors (Lipinski definition) is 3. The third kappa shape index (κ3) is 3.37. The molecule has 0 spiro atoms. The van der Waals surface area contributed by atoms with Gasteiger partial charge in [0.05, 0.1) is 11.6 Å². The second kappa shape index (κ2) is 6.06. The Kier molecular flexibility index (Phi) is 4.19. The van der Waals surface area contributed by atoms with E-state index in [0.717, 1.165) is 0 Å². The lowest BCUT2D eigenvalue weighted by Gasteiger charge is -2.15. The fourth-order valence-corrected chi connectivity index (χ4v) is 1.83. The highest BCUT2D eigenvalue weighted by atomic mass is 19.1. The van der Waals surface area contributed by atoms with Gasteiger partial charge in [-0.25, -0.2) is 9.18 Å². The van der Waals surface area contributed by atoms with Gasteiger partial charge >= 0.3 is 5.97 Å². The molecule has 0 saturated carbocycles. The molecule has 0 bridgehead atoms. The van der Waals surface area contributed by atoms with Crippen LogP contribution in [0.2, 0.25) is 0 Å². The summed E-state index contributed by atoms with van der Waals surface area (Å²) >= 11 is 0. The number of aliphatic carboxylic acids is 1. The SMILES string of the molecule is C[C@H](Oc1ccc(F)cc1-c1cccc(C#N)c1)C(=O)O. The number of carboxylic acid groups (broad SMARTS) is 1. The van der Waals surface area contributed by atoms with Crippen LogP contribution in [0.15, 0.2) is 42.5 Å². The maximum atomic E-state index is 13.5. The second-order valence-electron chi connectivity index (χ2n) is 4.43. The first-order chi connectivity index (χ1) is 10.0. The van der Waals surface area contributed by atoms with Crippen molar-refractivity contribution < 1.29 is 19.0 Å². The van der Waals surface area contributed by atoms with Crippen molar-refractivity contribution in [1.29, 1.82) is 5.26 Å². The first-order valence-electron chi connectivity index (χ1n) is 6.21. The predicted octanol–water partition coefficient (Wildman–Crippen LogP) is 3.22. The monoisotopic (exact) mass is 285 g/mol. The minimum atomic E-state index is -1.11. The van der Waals surface area contributed by atoms with Crippen LogP contribution in [-0.4, -0.2) is 17.2 Å². The quantitative estimate of drug-likeness (QED) is 0.936. The van der Waals surface area contributed by atoms with Gasteiger partial charge in [0.25, 0.3) is 0 Å². The van der Waals surface area contributed by atoms with Crippen LogP contribution in [0.3, 0.4) is 0 Å². The van der Waals surface area contributed by atoms with Gasteiger partial charge in [0, 0.05) is 5.56 Å². The van der Waals surface area contributed by atoms with Gasteiger partial charge < -0.3 is 9.84 Å². The highest BCUT2D eigenvalue weighted by Crippen LogP contribution is 2.32. The average Bonchev–Trinajstić information content (AvgIpc) is 2.49. The fraction of sp³-hybridized carbons (Fsp3) is 0.125. The normalized spacial score (nSPS) is 11.5. The zero-order valence-electron chi connectivity index (χ0n) is 11.2. The largest absolute Gasteiger partial charge is 0.479 e. The van der Waals surface area contributed by atoms with E-state index in [1.165, 1.54) is 25.1 Å². The molecule has 0 unspecified atom stereocenters. The van der Waals surface area contributed by atoms with E-state index >= 15 is 0 Å². The van der Waals surface area contributed by atoms with Gasteiger partial charge in [-0.1, -0.05) is 12.1 Å². The van der Waals surface area contributed by atoms with Gasteiger partial charge in [-0.15, -0.1) is 0 Å². The van der Waals surface area contributed by atoms with Gasteiger partial charge in [0.1, 0.15) is 11.6 Å². The smallest absolute Gasteiger partial charge is 0.344 e. The van der Waals surface area contributed by atoms with Crippen molar-refractivity contribution in [3.8, 4) is 22.9 Å². The number of carboxylic acids is 1. The summed E-state index contributed by atoms with van der Waals surface area (Å²) in [5.74, 6) is -1.33. The van der Waals surface area contributed by atoms with Gasteiger partial charge in [-0.05, 0) is 42.8 Å². The molecule has 2 aromatic carbocycles. The van der Waals surface area contributed by atoms with E-state index in [2.05, 4.69) is 0 Å². The first kappa shape index (κ1) is 14.5. The third-order valence-electron chi connectivity index (χ3n) is 2.90. The molecule has 21 heavy (non-hydrogen) atoms. The minimum Gasteiger partial charge on any atom is -0.479 e. The van der Waals surface area contributed by atoms with Crippen LogP contribution in [0.4, 0.5) is 4.39 Å². The number of nitriles is 1. The third-order valence-corrected chi connectivity index (χ3v) is 2.90. The zero-order valence-corrected chi connectivity index (χ0v) is 11.2. The summed E-state index contributed by atoms with van der Waals surface area (Å²) < 4.78 is 18.8. The van der Waals surface area contributed by atoms with E-state index in [1.54, 1.807) is 24.3 Å². The number of nitrogens with zero attached hydrogens (tertiary/aromatic N) is 1. The van der Waals surface area contributed by atoms with E-state index in [9.17, 15) is 9.18 Å². The molecule has 1 N–H and O–H groups in total. The average molecular weight is 285 g/mol. The van der Waals surface area contributed by atoms with Crippen LogP contribution < -0.4 is 4.74 Å². The minimum absolute atomic E-state index is 0.251. The molecule has 0 radical (unpaired) electrons. The molecular formula is C16H12FNO3. The van der Waals surface area contributed by atoms with Gasteiger partial charge in [-0.2, -0.15) is 5.26 Å². The van der Waals surface area contributed by atoms with Crippen molar-refractivity contribution >= 4 is 5.97 Å². The molecule has 0 heterocycles. The second-order valence-corrected chi connectivity index (χ2v) is 4.43. The van der Waals surface area contributed by atoms with Crippen molar-refractivity contribution in [2.45, 2.75) is 13.0 Å². The Morgan fingerprint density at radius 2 is 2.10 bits per heavy atom. The number of rotatable bonds is 4. The number of hydrogen-bond donors (Lipinski definition) is 1. The molecule has 4 nitrogen and oxygen atoms in total. The molecule has 0 aromatic heterocycles. The lowest BCUT2D eigenvalue weighted by atomic mass is 10.0. The molecule has 0 aliphatic carbocycles. The van der Waals surface area contributed by atoms with Gasteiger partial charge in [-0.3, -0.25) is 0 Å². The molecule has 2 rings (SSSR count). The van der Waals surface area contributed by atoms with Crippen LogP contribution in [0.25, 0.3) is 11.1 Å². The number of carbonyl (C=O) groups is 1. The summed E-state index contributed by atoms with van der Waals surface area (Å²) in [4.78, 5) is 10.9. The van der Waals surface area contributed by atoms with Crippen molar-refractivity contribution in [1.82, 2.24) is 0 Å². The predicted molar refractivity (Wildman–Crippen MR) is 74.3 cm³/mol. The number of ether oxygens (including phenoxy) is 1. The molecule has 0 aliphatic heterocycles. The van der Waals surface area contributed by atoms with E-state index in [1.807, 2.05) is 6.07 Å². The first-order valence-corrected chi connectivity index (χ1v) is 6.21. The number of benzene rings is 2. The van der Waals surface area contributed by atoms with Crippen molar-refractivity contribution in [3.05, 3.63) is 53.8 Å². The Hall–Kier alpha value is -2.87. The standard InChI is InChI=1S/C16H12FNO3/c1-10(16(19)20)21-15-6-5-13(17)8-14(15)12-4-2-3-11(7-12)9-18/h2-8,10H,1H3,(H,19,20)/t10-/m0/s1. The Labute approximate surface area is 121 Å². The molecule has 106 valence electrons. The van der Waals surface area contributed by atoms with Crippen LogP contribution in [0.5, 0.6) is 5.75 Å². The molecule has 0 aliphatic rings. The lowest BCUT2D eigenvalue weighted by molar-refractivity contribution is -0.144. The Morgan fingerprint density at radius 3 is 2.76 bits per heavy atom. The Balaban J connectivity index is 2.48. The maximum absolute atomic E-state index is 13.5. The lowest BCUT2D eigenvalue weighted by Crippen LogP contribution is -2.23. The van der Waals surface area contributed by atoms with Crippen LogP contribution in [0.1, 0.15) is 12.5 Å². The highest BCUT2D eigenvalue weighted by molar-refractivity contribution is 5.75. The Morgan fingerprint density at radius 1 is 1.33 bits per heavy atom. The number of halogens is 1. The topological polar surface area (TPSA) is 70.3 Å². The molecule has 0 saturated heterocycles. The molecule has 0 amide bonds. The van der Waals surface area contributed by atoms with Crippen molar-refractivity contribution in [3.63, 3.8) is 0 Å². The summed E-state index contributed by atoms with van der Waals surface area (Å²) in [6.07, 6.45) is -1.06. The summed E-state index contributed by atoms with van der Waals surface area (Å²) in [6.45, 7) is 1.39. The maximum Gasteiger partial charge on any atom is 0.344 e. The van der Waals surface area contributed by atoms with Gasteiger partial charge in [0.2, 0.25) is 0 Å². The summed E-state index contributed by atoms with van der Waals surface area (Å²) in [5.41, 5.74) is 1.41. The molecule has 2 aromatic rings. The van der Waals surface area contributed by atoms with E-state index in [-0.39, 0.29) is 5.75 Å².